The molecule has 2 heterocycles. The Kier molecular flexibility index (Phi) is 10.2. The summed E-state index contributed by atoms with van der Waals surface area (Å²) in [6.07, 6.45) is 0. The molecule has 0 atom stereocenters. The lowest BCUT2D eigenvalue weighted by Gasteiger charge is -2.37. The van der Waals surface area contributed by atoms with Gasteiger partial charge in [-0.05, 0) is 110 Å². The lowest BCUT2D eigenvalue weighted by atomic mass is 9.92. The second kappa shape index (κ2) is 17.0. The van der Waals surface area contributed by atoms with E-state index in [-0.39, 0.29) is 5.82 Å². The van der Waals surface area contributed by atoms with Crippen molar-refractivity contribution in [3.8, 4) is 44.5 Å². The molecule has 1 aliphatic heterocycles. The van der Waals surface area contributed by atoms with Crippen molar-refractivity contribution in [2.75, 3.05) is 9.80 Å². The van der Waals surface area contributed by atoms with Crippen molar-refractivity contribution in [3.05, 3.63) is 255 Å². The number of halogens is 1. The van der Waals surface area contributed by atoms with Gasteiger partial charge in [-0.1, -0.05) is 201 Å². The normalized spacial score (nSPS) is 12.5. The number of rotatable bonds is 9. The molecule has 1 aliphatic rings. The topological polar surface area (TPSA) is 19.6 Å². The number of fused-ring (bicyclic) bond motifs is 5. The maximum absolute atomic E-state index is 18.0. The highest BCUT2D eigenvalue weighted by Crippen LogP contribution is 2.51. The van der Waals surface area contributed by atoms with Crippen molar-refractivity contribution in [1.29, 1.82) is 0 Å². The summed E-state index contributed by atoms with van der Waals surface area (Å²) in [6.45, 7) is 4.95. The fourth-order valence-corrected chi connectivity index (χ4v) is 14.3. The molecule has 12 aromatic rings. The molecule has 0 radical (unpaired) electrons. The van der Waals surface area contributed by atoms with Gasteiger partial charge >= 0.3 is 0 Å². The van der Waals surface area contributed by atoms with E-state index in [0.717, 1.165) is 89.1 Å². The lowest BCUT2D eigenvalue weighted by molar-refractivity contribution is 0.630. The standard InChI is InChI=1S/C66H47FN2OSi/c1-71(2)62-36-20-32-55-59(69(58-33-17-15-29-50(58)45-23-9-4-10-24-45)65-56(46-25-11-5-12-26-46)41-47(42-57(65)67)44-21-7-3-8-22-44)40-39-53(64(55)62)52-38-37-49(43-63(52)71)68(48-27-13-6-14-28-48)60-34-19-31-54-51-30-16-18-35-61(51)70-66(54)60/h3-43H,1-2H3. The number of benzene rings is 11. The van der Waals surface area contributed by atoms with Gasteiger partial charge in [-0.3, -0.25) is 0 Å². The second-order valence-electron chi connectivity index (χ2n) is 18.9. The van der Waals surface area contributed by atoms with E-state index in [9.17, 15) is 0 Å². The highest BCUT2D eigenvalue weighted by molar-refractivity contribution is 7.03. The average molecular weight is 931 g/mol. The van der Waals surface area contributed by atoms with Crippen LogP contribution in [0.2, 0.25) is 13.1 Å². The highest BCUT2D eigenvalue weighted by atomic mass is 28.3. The number of furan rings is 1. The highest BCUT2D eigenvalue weighted by Gasteiger charge is 2.38. The molecular formula is C66H47FN2OSi. The largest absolute Gasteiger partial charge is 0.454 e. The van der Waals surface area contributed by atoms with Crippen LogP contribution in [0.25, 0.3) is 77.2 Å². The predicted molar refractivity (Wildman–Crippen MR) is 299 cm³/mol. The maximum Gasteiger partial charge on any atom is 0.159 e. The van der Waals surface area contributed by atoms with Gasteiger partial charge in [0.05, 0.1) is 22.7 Å². The van der Waals surface area contributed by atoms with Crippen molar-refractivity contribution in [1.82, 2.24) is 0 Å². The molecule has 0 fully saturated rings. The summed E-state index contributed by atoms with van der Waals surface area (Å²) < 4.78 is 24.7. The summed E-state index contributed by atoms with van der Waals surface area (Å²) in [7, 11) is -2.46. The summed E-state index contributed by atoms with van der Waals surface area (Å²) >= 11 is 0. The molecule has 11 aromatic carbocycles. The second-order valence-corrected chi connectivity index (χ2v) is 23.3. The molecule has 0 bridgehead atoms. The first kappa shape index (κ1) is 42.3. The van der Waals surface area contributed by atoms with Gasteiger partial charge in [0.2, 0.25) is 0 Å². The third kappa shape index (κ3) is 6.99. The van der Waals surface area contributed by atoms with Crippen molar-refractivity contribution < 1.29 is 8.81 Å². The minimum absolute atomic E-state index is 0.303. The van der Waals surface area contributed by atoms with Gasteiger partial charge in [0.1, 0.15) is 19.5 Å². The molecule has 0 saturated carbocycles. The third-order valence-corrected chi connectivity index (χ3v) is 18.0. The molecule has 0 saturated heterocycles. The van der Waals surface area contributed by atoms with Crippen LogP contribution in [0, 0.1) is 5.82 Å². The zero-order valence-electron chi connectivity index (χ0n) is 39.4. The third-order valence-electron chi connectivity index (χ3n) is 14.5. The molecular weight excluding hydrogens is 884 g/mol. The first-order chi connectivity index (χ1) is 34.9. The lowest BCUT2D eigenvalue weighted by Crippen LogP contribution is -2.56. The molecule has 13 rings (SSSR count). The molecule has 338 valence electrons. The molecule has 0 spiro atoms. The van der Waals surface area contributed by atoms with E-state index < -0.39 is 8.07 Å². The van der Waals surface area contributed by atoms with Crippen LogP contribution in [0.15, 0.2) is 253 Å². The van der Waals surface area contributed by atoms with Crippen LogP contribution in [0.1, 0.15) is 0 Å². The number of hydrogen-bond acceptors (Lipinski definition) is 3. The molecule has 0 N–H and O–H groups in total. The van der Waals surface area contributed by atoms with Gasteiger partial charge in [0.25, 0.3) is 0 Å². The number of nitrogens with zero attached hydrogens (tertiary/aromatic N) is 2. The monoisotopic (exact) mass is 930 g/mol. The maximum atomic E-state index is 18.0. The minimum Gasteiger partial charge on any atom is -0.454 e. The van der Waals surface area contributed by atoms with Gasteiger partial charge < -0.3 is 14.2 Å². The van der Waals surface area contributed by atoms with Crippen molar-refractivity contribution >= 4 is 85.3 Å². The Morgan fingerprint density at radius 2 is 0.958 bits per heavy atom. The Balaban J connectivity index is 1.04. The van der Waals surface area contributed by atoms with E-state index in [0.29, 0.717) is 5.69 Å². The van der Waals surface area contributed by atoms with E-state index in [2.05, 4.69) is 199 Å². The summed E-state index contributed by atoms with van der Waals surface area (Å²) in [5.41, 5.74) is 15.1. The number of anilines is 6. The Morgan fingerprint density at radius 3 is 1.72 bits per heavy atom. The molecule has 3 nitrogen and oxygen atoms in total. The minimum atomic E-state index is -2.46. The van der Waals surface area contributed by atoms with Crippen LogP contribution in [-0.2, 0) is 0 Å². The Labute approximate surface area is 414 Å². The van der Waals surface area contributed by atoms with E-state index in [4.69, 9.17) is 4.42 Å². The van der Waals surface area contributed by atoms with Crippen LogP contribution >= 0.6 is 0 Å². The average Bonchev–Trinajstić information content (AvgIpc) is 3.82. The first-order valence-corrected chi connectivity index (χ1v) is 27.3. The molecule has 0 amide bonds. The number of para-hydroxylation sites is 4. The van der Waals surface area contributed by atoms with E-state index >= 15 is 4.39 Å². The van der Waals surface area contributed by atoms with Gasteiger partial charge in [-0.25, -0.2) is 4.39 Å². The Morgan fingerprint density at radius 1 is 0.366 bits per heavy atom. The van der Waals surface area contributed by atoms with Crippen LogP contribution in [0.4, 0.5) is 38.5 Å². The molecule has 1 aromatic heterocycles. The molecule has 5 heteroatoms. The summed E-state index contributed by atoms with van der Waals surface area (Å²) in [6, 6.07) is 86.8. The Bertz CT molecular complexity index is 3980. The zero-order valence-corrected chi connectivity index (χ0v) is 40.4. The van der Waals surface area contributed by atoms with Gasteiger partial charge in [-0.2, -0.15) is 0 Å². The molecule has 71 heavy (non-hydrogen) atoms. The molecule has 0 unspecified atom stereocenters. The quantitative estimate of drug-likeness (QED) is 0.135. The van der Waals surface area contributed by atoms with Crippen molar-refractivity contribution in [2.45, 2.75) is 13.1 Å². The molecule has 0 aliphatic carbocycles. The predicted octanol–water partition coefficient (Wildman–Crippen LogP) is 17.6. The fraction of sp³-hybridized carbons (Fsp3) is 0.0303. The number of hydrogen-bond donors (Lipinski definition) is 0. The smallest absolute Gasteiger partial charge is 0.159 e. The zero-order chi connectivity index (χ0) is 47.6. The van der Waals surface area contributed by atoms with Crippen molar-refractivity contribution in [3.63, 3.8) is 0 Å². The van der Waals surface area contributed by atoms with E-state index in [1.807, 2.05) is 66.7 Å². The van der Waals surface area contributed by atoms with Crippen LogP contribution in [0.3, 0.4) is 0 Å². The summed E-state index contributed by atoms with van der Waals surface area (Å²) in [4.78, 5) is 4.54. The van der Waals surface area contributed by atoms with E-state index in [1.54, 1.807) is 6.07 Å². The first-order valence-electron chi connectivity index (χ1n) is 24.3. The van der Waals surface area contributed by atoms with Gasteiger partial charge in [-0.15, -0.1) is 0 Å². The van der Waals surface area contributed by atoms with Crippen LogP contribution < -0.4 is 20.2 Å². The Hall–Kier alpha value is -8.77. The van der Waals surface area contributed by atoms with Crippen LogP contribution in [0.5, 0.6) is 0 Å². The fourth-order valence-electron chi connectivity index (χ4n) is 11.2. The summed E-state index contributed by atoms with van der Waals surface area (Å²) in [5.74, 6) is -0.303. The van der Waals surface area contributed by atoms with Gasteiger partial charge in [0.15, 0.2) is 5.58 Å². The van der Waals surface area contributed by atoms with Crippen molar-refractivity contribution in [2.24, 2.45) is 0 Å². The van der Waals surface area contributed by atoms with E-state index in [1.165, 1.54) is 26.9 Å². The van der Waals surface area contributed by atoms with Crippen LogP contribution in [-0.4, -0.2) is 8.07 Å². The SMILES string of the molecule is C[Si]1(C)c2cc(N(c3ccccc3)c3cccc4c3oc3ccccc34)ccc2-c2ccc(N(c3ccccc3-c3ccccc3)c3c(F)cc(-c4ccccc4)cc3-c3ccccc3)c3cccc1c23. The summed E-state index contributed by atoms with van der Waals surface area (Å²) in [5, 5.41) is 7.20. The van der Waals surface area contributed by atoms with Gasteiger partial charge in [0, 0.05) is 38.7 Å².